The molecule has 1 atom stereocenters. The summed E-state index contributed by atoms with van der Waals surface area (Å²) in [6.45, 7) is 1.46. The average molecular weight is 300 g/mol. The molecule has 6 heteroatoms. The number of carbonyl (C=O) groups is 2. The smallest absolute Gasteiger partial charge is 0.344 e. The second-order valence-electron chi connectivity index (χ2n) is 4.77. The molecule has 0 amide bonds. The normalized spacial score (nSPS) is 12.3. The molecule has 0 aliphatic rings. The van der Waals surface area contributed by atoms with Gasteiger partial charge in [0.2, 0.25) is 0 Å². The molecule has 22 heavy (non-hydrogen) atoms. The largest absolute Gasteiger partial charge is 0.479 e. The van der Waals surface area contributed by atoms with E-state index in [9.17, 15) is 9.59 Å². The molecule has 0 saturated carbocycles. The van der Waals surface area contributed by atoms with Crippen molar-refractivity contribution in [2.24, 2.45) is 7.05 Å². The number of aliphatic carboxylic acids is 1. The van der Waals surface area contributed by atoms with Crippen LogP contribution in [0.2, 0.25) is 0 Å². The fourth-order valence-corrected chi connectivity index (χ4v) is 1.76. The van der Waals surface area contributed by atoms with Gasteiger partial charge in [0.25, 0.3) is 0 Å². The Morgan fingerprint density at radius 2 is 2.18 bits per heavy atom. The Labute approximate surface area is 127 Å². The number of allylic oxidation sites excluding steroid dienone is 1. The summed E-state index contributed by atoms with van der Waals surface area (Å²) in [6, 6.07) is 6.87. The van der Waals surface area contributed by atoms with Gasteiger partial charge in [-0.2, -0.15) is 5.10 Å². The summed E-state index contributed by atoms with van der Waals surface area (Å²) in [5.74, 6) is -0.753. The predicted molar refractivity (Wildman–Crippen MR) is 80.7 cm³/mol. The van der Waals surface area contributed by atoms with Crippen molar-refractivity contribution >= 4 is 17.8 Å². The van der Waals surface area contributed by atoms with Gasteiger partial charge in [-0.05, 0) is 30.7 Å². The maximum absolute atomic E-state index is 11.9. The molecule has 2 rings (SSSR count). The summed E-state index contributed by atoms with van der Waals surface area (Å²) in [5.41, 5.74) is 1.25. The summed E-state index contributed by atoms with van der Waals surface area (Å²) in [4.78, 5) is 22.7. The number of carbonyl (C=O) groups excluding carboxylic acids is 1. The van der Waals surface area contributed by atoms with Crippen LogP contribution in [0, 0.1) is 0 Å². The lowest BCUT2D eigenvalue weighted by Crippen LogP contribution is -2.22. The third-order valence-electron chi connectivity index (χ3n) is 2.94. The number of hydrogen-bond acceptors (Lipinski definition) is 4. The van der Waals surface area contributed by atoms with Crippen molar-refractivity contribution in [1.29, 1.82) is 0 Å². The molecule has 1 unspecified atom stereocenters. The lowest BCUT2D eigenvalue weighted by atomic mass is 10.1. The van der Waals surface area contributed by atoms with Crippen LogP contribution in [-0.4, -0.2) is 32.7 Å². The molecule has 0 radical (unpaired) electrons. The van der Waals surface area contributed by atoms with Crippen LogP contribution in [0.15, 0.2) is 42.7 Å². The molecule has 1 aromatic carbocycles. The number of aromatic nitrogens is 2. The van der Waals surface area contributed by atoms with Gasteiger partial charge in [-0.3, -0.25) is 9.48 Å². The first-order valence-electron chi connectivity index (χ1n) is 6.66. The van der Waals surface area contributed by atoms with Crippen LogP contribution in [0.25, 0.3) is 6.08 Å². The van der Waals surface area contributed by atoms with Gasteiger partial charge in [0, 0.05) is 13.2 Å². The molecular weight excluding hydrogens is 284 g/mol. The Morgan fingerprint density at radius 1 is 1.41 bits per heavy atom. The number of aryl methyl sites for hydroxylation is 1. The van der Waals surface area contributed by atoms with Gasteiger partial charge in [0.1, 0.15) is 5.75 Å². The summed E-state index contributed by atoms with van der Waals surface area (Å²) < 4.78 is 6.84. The number of nitrogens with zero attached hydrogens (tertiary/aromatic N) is 2. The van der Waals surface area contributed by atoms with E-state index in [4.69, 9.17) is 9.84 Å². The highest BCUT2D eigenvalue weighted by Gasteiger charge is 2.12. The number of carboxylic acids is 1. The zero-order valence-electron chi connectivity index (χ0n) is 12.3. The fourth-order valence-electron chi connectivity index (χ4n) is 1.76. The van der Waals surface area contributed by atoms with Crippen molar-refractivity contribution in [3.63, 3.8) is 0 Å². The second kappa shape index (κ2) is 6.71. The van der Waals surface area contributed by atoms with Crippen LogP contribution < -0.4 is 4.74 Å². The van der Waals surface area contributed by atoms with Gasteiger partial charge in [0.05, 0.1) is 11.8 Å². The Bertz CT molecular complexity index is 718. The zero-order chi connectivity index (χ0) is 16.1. The summed E-state index contributed by atoms with van der Waals surface area (Å²) in [5, 5.41) is 12.8. The highest BCUT2D eigenvalue weighted by molar-refractivity contribution is 6.06. The van der Waals surface area contributed by atoms with Crippen LogP contribution in [-0.2, 0) is 11.8 Å². The minimum atomic E-state index is -1.03. The standard InChI is InChI=1S/C16H16N2O4/c1-11(16(20)21)22-14-5-3-4-12(8-14)6-7-15(19)13-9-17-18(2)10-13/h3-11H,1-2H3,(H,20,21). The molecular formula is C16H16N2O4. The van der Waals surface area contributed by atoms with Crippen molar-refractivity contribution in [1.82, 2.24) is 9.78 Å². The minimum Gasteiger partial charge on any atom is -0.479 e. The van der Waals surface area contributed by atoms with Crippen molar-refractivity contribution < 1.29 is 19.4 Å². The van der Waals surface area contributed by atoms with Crippen LogP contribution in [0.3, 0.4) is 0 Å². The van der Waals surface area contributed by atoms with E-state index in [0.29, 0.717) is 11.3 Å². The highest BCUT2D eigenvalue weighted by Crippen LogP contribution is 2.16. The Kier molecular flexibility index (Phi) is 4.73. The van der Waals surface area contributed by atoms with Crippen molar-refractivity contribution in [3.05, 3.63) is 53.9 Å². The maximum Gasteiger partial charge on any atom is 0.344 e. The Morgan fingerprint density at radius 3 is 2.82 bits per heavy atom. The predicted octanol–water partition coefficient (Wildman–Crippen LogP) is 2.17. The third kappa shape index (κ3) is 4.05. The minimum absolute atomic E-state index is 0.154. The summed E-state index contributed by atoms with van der Waals surface area (Å²) >= 11 is 0. The first kappa shape index (κ1) is 15.5. The lowest BCUT2D eigenvalue weighted by molar-refractivity contribution is -0.144. The SMILES string of the molecule is CC(Oc1cccc(C=CC(=O)c2cnn(C)c2)c1)C(=O)O. The van der Waals surface area contributed by atoms with Gasteiger partial charge in [-0.15, -0.1) is 0 Å². The van der Waals surface area contributed by atoms with E-state index in [2.05, 4.69) is 5.10 Å². The van der Waals surface area contributed by atoms with Crippen LogP contribution in [0.4, 0.5) is 0 Å². The van der Waals surface area contributed by atoms with Crippen molar-refractivity contribution in [2.75, 3.05) is 0 Å². The summed E-state index contributed by atoms with van der Waals surface area (Å²) in [7, 11) is 1.74. The Balaban J connectivity index is 2.08. The number of carboxylic acid groups (broad SMARTS) is 1. The second-order valence-corrected chi connectivity index (χ2v) is 4.77. The first-order valence-corrected chi connectivity index (χ1v) is 6.66. The molecule has 0 saturated heterocycles. The van der Waals surface area contributed by atoms with Crippen LogP contribution in [0.5, 0.6) is 5.75 Å². The van der Waals surface area contributed by atoms with Gasteiger partial charge in [-0.1, -0.05) is 18.2 Å². The summed E-state index contributed by atoms with van der Waals surface area (Å²) in [6.07, 6.45) is 5.29. The van der Waals surface area contributed by atoms with E-state index >= 15 is 0 Å². The molecule has 1 aromatic heterocycles. The topological polar surface area (TPSA) is 81.4 Å². The fraction of sp³-hybridized carbons (Fsp3) is 0.188. The van der Waals surface area contributed by atoms with E-state index in [1.807, 2.05) is 0 Å². The zero-order valence-corrected chi connectivity index (χ0v) is 12.3. The van der Waals surface area contributed by atoms with Gasteiger partial charge >= 0.3 is 5.97 Å². The number of ether oxygens (including phenoxy) is 1. The van der Waals surface area contributed by atoms with E-state index in [1.165, 1.54) is 19.2 Å². The number of benzene rings is 1. The quantitative estimate of drug-likeness (QED) is 0.653. The monoisotopic (exact) mass is 300 g/mol. The molecule has 114 valence electrons. The van der Waals surface area contributed by atoms with Crippen LogP contribution in [0.1, 0.15) is 22.8 Å². The number of hydrogen-bond donors (Lipinski definition) is 1. The average Bonchev–Trinajstić information content (AvgIpc) is 2.91. The molecule has 6 nitrogen and oxygen atoms in total. The third-order valence-corrected chi connectivity index (χ3v) is 2.94. The van der Waals surface area contributed by atoms with Crippen LogP contribution >= 0.6 is 0 Å². The van der Waals surface area contributed by atoms with Gasteiger partial charge in [0.15, 0.2) is 11.9 Å². The van der Waals surface area contributed by atoms with E-state index in [0.717, 1.165) is 5.56 Å². The molecule has 1 N–H and O–H groups in total. The van der Waals surface area contributed by atoms with E-state index < -0.39 is 12.1 Å². The molecule has 0 bridgehead atoms. The molecule has 0 aliphatic carbocycles. The van der Waals surface area contributed by atoms with E-state index in [1.54, 1.807) is 48.3 Å². The maximum atomic E-state index is 11.9. The molecule has 2 aromatic rings. The molecule has 0 fully saturated rings. The number of rotatable bonds is 6. The van der Waals surface area contributed by atoms with Crippen molar-refractivity contribution in [2.45, 2.75) is 13.0 Å². The lowest BCUT2D eigenvalue weighted by Gasteiger charge is -2.10. The first-order chi connectivity index (χ1) is 10.5. The van der Waals surface area contributed by atoms with Gasteiger partial charge < -0.3 is 9.84 Å². The van der Waals surface area contributed by atoms with Crippen molar-refractivity contribution in [3.8, 4) is 5.75 Å². The molecule has 1 heterocycles. The van der Waals surface area contributed by atoms with E-state index in [-0.39, 0.29) is 5.78 Å². The highest BCUT2D eigenvalue weighted by atomic mass is 16.5. The molecule has 0 aliphatic heterocycles. The van der Waals surface area contributed by atoms with Gasteiger partial charge in [-0.25, -0.2) is 4.79 Å². The number of ketones is 1. The molecule has 0 spiro atoms. The Hall–Kier alpha value is -2.89.